The maximum atomic E-state index is 12.7. The summed E-state index contributed by atoms with van der Waals surface area (Å²) in [6.45, 7) is 5.59. The molecule has 25 atom stereocenters. The lowest BCUT2D eigenvalue weighted by atomic mass is 9.94. The van der Waals surface area contributed by atoms with Crippen LogP contribution >= 0.6 is 0 Å². The lowest BCUT2D eigenvalue weighted by Gasteiger charge is -2.51. The van der Waals surface area contributed by atoms with E-state index >= 15 is 0 Å². The molecule has 13 N–H and O–H groups in total. The molecule has 24 heteroatoms. The summed E-state index contributed by atoms with van der Waals surface area (Å²) in [4.78, 5) is 12.7. The van der Waals surface area contributed by atoms with E-state index in [1.165, 1.54) is 20.8 Å². The maximum absolute atomic E-state index is 12.7. The van der Waals surface area contributed by atoms with Gasteiger partial charge in [0.2, 0.25) is 5.91 Å². The number of amides is 1. The average Bonchev–Trinajstić information content (AvgIpc) is 3.20. The van der Waals surface area contributed by atoms with Crippen LogP contribution in [0.5, 0.6) is 0 Å². The van der Waals surface area contributed by atoms with Gasteiger partial charge in [0.25, 0.3) is 0 Å². The van der Waals surface area contributed by atoms with Crippen LogP contribution in [-0.2, 0) is 52.2 Å². The molecule has 5 rings (SSSR count). The van der Waals surface area contributed by atoms with Crippen molar-refractivity contribution in [3.8, 4) is 0 Å². The van der Waals surface area contributed by atoms with Gasteiger partial charge >= 0.3 is 0 Å². The Morgan fingerprint density at radius 3 is 1.51 bits per heavy atom. The third-order valence-corrected chi connectivity index (χ3v) is 11.1. The standard InChI is InChI=1S/C35H61NO23/c1-6-7-50-35-30(29(19(42)12(4)53-35)58-33-25(48)23(46)20(43)14(8-37)55-33)59-31-16(36-13(5)39)27(21(44)15(9-38)54-31)56-34-26(49)28(18(41)11(3)52-34)57-32-24(47)22(45)17(40)10(2)51-32/h10-12,14-35,37-38,40-49H,6-9H2,1-5H3,(H,36,39)/t10?,11?,12?,14?,15?,16?,17-,18-,19-,20+,21-,22?,23?,24-,25?,26-,27+,28?,29?,30-,31-,32-,33+,34-,35+/m0/s1. The molecule has 0 radical (unpaired) electrons. The molecule has 59 heavy (non-hydrogen) atoms. The van der Waals surface area contributed by atoms with Gasteiger partial charge in [-0.1, -0.05) is 6.92 Å². The fourth-order valence-electron chi connectivity index (χ4n) is 7.58. The summed E-state index contributed by atoms with van der Waals surface area (Å²) in [5.74, 6) is -0.717. The summed E-state index contributed by atoms with van der Waals surface area (Å²) in [7, 11) is 0. The minimum Gasteiger partial charge on any atom is -0.394 e. The van der Waals surface area contributed by atoms with E-state index in [9.17, 15) is 66.1 Å². The number of hydrogen-bond acceptors (Lipinski definition) is 23. The van der Waals surface area contributed by atoms with Gasteiger partial charge in [-0.25, -0.2) is 0 Å². The molecule has 0 aliphatic carbocycles. The van der Waals surface area contributed by atoms with Crippen LogP contribution in [0.2, 0.25) is 0 Å². The Morgan fingerprint density at radius 2 is 0.932 bits per heavy atom. The molecule has 11 unspecified atom stereocenters. The first kappa shape index (κ1) is 48.6. The SMILES string of the molecule is CCCO[C@@H]1OC(C)[C@H](O)C(O[C@H]2OC(CO)[C@@H](O)C(O)C2O)[C@@H]1O[C@@H]1OC(CO)[C@H](O)[C@H](O[C@@H]2OC(C)[C@H](O)C(O[C@@H]3OC(C)[C@H](O)C(O)[C@@H]3O)[C@@H]2O)C1NC(C)=O. The van der Waals surface area contributed by atoms with Crippen molar-refractivity contribution < 1.29 is 113 Å². The van der Waals surface area contributed by atoms with E-state index in [-0.39, 0.29) is 6.61 Å². The number of aliphatic hydroxyl groups excluding tert-OH is 12. The van der Waals surface area contributed by atoms with E-state index in [0.29, 0.717) is 6.42 Å². The molecule has 0 aromatic carbocycles. The minimum absolute atomic E-state index is 0.0794. The van der Waals surface area contributed by atoms with Gasteiger partial charge in [0, 0.05) is 13.5 Å². The molecule has 5 heterocycles. The van der Waals surface area contributed by atoms with Crippen LogP contribution in [0.3, 0.4) is 0 Å². The topological polar surface area (TPSA) is 364 Å². The molecule has 344 valence electrons. The van der Waals surface area contributed by atoms with Crippen LogP contribution in [0, 0.1) is 0 Å². The first-order valence-electron chi connectivity index (χ1n) is 19.6. The second kappa shape index (κ2) is 20.8. The fraction of sp³-hybridized carbons (Fsp3) is 0.971. The number of carbonyl (C=O) groups excluding carboxylic acids is 1. The van der Waals surface area contributed by atoms with Crippen molar-refractivity contribution in [1.29, 1.82) is 0 Å². The monoisotopic (exact) mass is 863 g/mol. The van der Waals surface area contributed by atoms with E-state index < -0.39 is 173 Å². The van der Waals surface area contributed by atoms with Crippen molar-refractivity contribution in [2.75, 3.05) is 19.8 Å². The summed E-state index contributed by atoms with van der Waals surface area (Å²) in [6.07, 6.45) is -37.9. The van der Waals surface area contributed by atoms with Crippen LogP contribution in [-0.4, -0.2) is 240 Å². The van der Waals surface area contributed by atoms with Crippen molar-refractivity contribution in [2.24, 2.45) is 0 Å². The van der Waals surface area contributed by atoms with Crippen LogP contribution in [0.1, 0.15) is 41.0 Å². The zero-order valence-electron chi connectivity index (χ0n) is 33.1. The van der Waals surface area contributed by atoms with Gasteiger partial charge in [0.15, 0.2) is 31.5 Å². The number of aliphatic hydroxyl groups is 12. The molecule has 24 nitrogen and oxygen atoms in total. The van der Waals surface area contributed by atoms with Crippen molar-refractivity contribution in [1.82, 2.24) is 5.32 Å². The average molecular weight is 864 g/mol. The van der Waals surface area contributed by atoms with Crippen LogP contribution in [0.25, 0.3) is 0 Å². The normalized spacial score (nSPS) is 51.0. The molecule has 0 aromatic heterocycles. The quantitative estimate of drug-likeness (QED) is 0.0771. The zero-order chi connectivity index (χ0) is 43.6. The second-order valence-electron chi connectivity index (χ2n) is 15.5. The van der Waals surface area contributed by atoms with Crippen molar-refractivity contribution in [3.05, 3.63) is 0 Å². The van der Waals surface area contributed by atoms with Crippen LogP contribution in [0.4, 0.5) is 0 Å². The summed E-state index contributed by atoms with van der Waals surface area (Å²) in [6, 6.07) is -1.56. The van der Waals surface area contributed by atoms with Gasteiger partial charge in [-0.3, -0.25) is 4.79 Å². The fourth-order valence-corrected chi connectivity index (χ4v) is 7.58. The third kappa shape index (κ3) is 10.5. The Bertz CT molecular complexity index is 1320. The second-order valence-corrected chi connectivity index (χ2v) is 15.5. The maximum Gasteiger partial charge on any atom is 0.217 e. The summed E-state index contributed by atoms with van der Waals surface area (Å²) in [5.41, 5.74) is 0. The number of nitrogens with one attached hydrogen (secondary N) is 1. The first-order chi connectivity index (χ1) is 27.8. The molecule has 0 spiro atoms. The van der Waals surface area contributed by atoms with E-state index in [4.69, 9.17) is 47.4 Å². The molecule has 5 fully saturated rings. The van der Waals surface area contributed by atoms with Crippen LogP contribution < -0.4 is 5.32 Å². The van der Waals surface area contributed by atoms with Crippen LogP contribution in [0.15, 0.2) is 0 Å². The number of carbonyl (C=O) groups is 1. The zero-order valence-corrected chi connectivity index (χ0v) is 33.1. The lowest BCUT2D eigenvalue weighted by molar-refractivity contribution is -0.391. The number of hydrogen-bond donors (Lipinski definition) is 13. The third-order valence-electron chi connectivity index (χ3n) is 11.1. The molecular weight excluding hydrogens is 802 g/mol. The summed E-state index contributed by atoms with van der Waals surface area (Å²) >= 11 is 0. The van der Waals surface area contributed by atoms with Crippen molar-refractivity contribution in [3.63, 3.8) is 0 Å². The van der Waals surface area contributed by atoms with Gasteiger partial charge in [-0.05, 0) is 27.2 Å². The highest BCUT2D eigenvalue weighted by Gasteiger charge is 2.57. The summed E-state index contributed by atoms with van der Waals surface area (Å²) in [5, 5.41) is 131. The molecule has 0 bridgehead atoms. The van der Waals surface area contributed by atoms with E-state index in [1.807, 2.05) is 0 Å². The van der Waals surface area contributed by atoms with Gasteiger partial charge < -0.3 is 114 Å². The Hall–Kier alpha value is -1.41. The molecule has 0 saturated carbocycles. The molecular formula is C35H61NO23. The van der Waals surface area contributed by atoms with E-state index in [1.54, 1.807) is 6.92 Å². The highest BCUT2D eigenvalue weighted by atomic mass is 16.8. The predicted molar refractivity (Wildman–Crippen MR) is 188 cm³/mol. The highest BCUT2D eigenvalue weighted by Crippen LogP contribution is 2.36. The van der Waals surface area contributed by atoms with Crippen molar-refractivity contribution in [2.45, 2.75) is 195 Å². The van der Waals surface area contributed by atoms with Crippen molar-refractivity contribution >= 4 is 5.91 Å². The minimum atomic E-state index is -1.93. The Kier molecular flexibility index (Phi) is 17.2. The number of rotatable bonds is 14. The first-order valence-corrected chi connectivity index (χ1v) is 19.6. The van der Waals surface area contributed by atoms with Gasteiger partial charge in [-0.2, -0.15) is 0 Å². The lowest BCUT2D eigenvalue weighted by Crippen LogP contribution is -2.70. The van der Waals surface area contributed by atoms with Gasteiger partial charge in [-0.15, -0.1) is 0 Å². The Balaban J connectivity index is 1.44. The molecule has 0 aromatic rings. The number of ether oxygens (including phenoxy) is 10. The molecule has 5 saturated heterocycles. The predicted octanol–water partition coefficient (Wildman–Crippen LogP) is -7.26. The highest BCUT2D eigenvalue weighted by molar-refractivity contribution is 5.73. The molecule has 5 aliphatic heterocycles. The summed E-state index contributed by atoms with van der Waals surface area (Å²) < 4.78 is 58.8. The van der Waals surface area contributed by atoms with Gasteiger partial charge in [0.1, 0.15) is 104 Å². The molecule has 1 amide bonds. The largest absolute Gasteiger partial charge is 0.394 e. The Labute approximate surface area is 338 Å². The Morgan fingerprint density at radius 1 is 0.492 bits per heavy atom. The smallest absolute Gasteiger partial charge is 0.217 e. The molecule has 5 aliphatic rings. The van der Waals surface area contributed by atoms with Gasteiger partial charge in [0.05, 0.1) is 31.5 Å². The van der Waals surface area contributed by atoms with E-state index in [2.05, 4.69) is 5.32 Å². The van der Waals surface area contributed by atoms with E-state index in [0.717, 1.165) is 6.92 Å².